The topological polar surface area (TPSA) is 62.8 Å². The number of aromatic amines is 1. The third-order valence-corrected chi connectivity index (χ3v) is 3.37. The van der Waals surface area contributed by atoms with E-state index >= 15 is 0 Å². The summed E-state index contributed by atoms with van der Waals surface area (Å²) in [6.45, 7) is 2.93. The van der Waals surface area contributed by atoms with Crippen molar-refractivity contribution in [1.82, 2.24) is 20.5 Å². The van der Waals surface area contributed by atoms with Crippen molar-refractivity contribution in [3.8, 4) is 5.75 Å². The van der Waals surface area contributed by atoms with E-state index in [1.807, 2.05) is 12.1 Å². The number of benzene rings is 1. The summed E-state index contributed by atoms with van der Waals surface area (Å²) in [6, 6.07) is 6.09. The van der Waals surface area contributed by atoms with Crippen molar-refractivity contribution in [1.29, 1.82) is 0 Å². The third-order valence-electron chi connectivity index (χ3n) is 2.88. The maximum absolute atomic E-state index is 5.40. The molecule has 2 rings (SSSR count). The molecule has 102 valence electrons. The fourth-order valence-corrected chi connectivity index (χ4v) is 2.43. The Morgan fingerprint density at radius 3 is 2.95 bits per heavy atom. The van der Waals surface area contributed by atoms with Gasteiger partial charge in [-0.3, -0.25) is 5.10 Å². The van der Waals surface area contributed by atoms with E-state index in [4.69, 9.17) is 4.74 Å². The van der Waals surface area contributed by atoms with Crippen LogP contribution in [0.25, 0.3) is 0 Å². The van der Waals surface area contributed by atoms with Crippen LogP contribution >= 0.6 is 15.9 Å². The van der Waals surface area contributed by atoms with Crippen molar-refractivity contribution in [2.75, 3.05) is 13.7 Å². The lowest BCUT2D eigenvalue weighted by Crippen LogP contribution is -2.24. The highest BCUT2D eigenvalue weighted by Gasteiger charge is 2.16. The molecule has 2 N–H and O–H groups in total. The van der Waals surface area contributed by atoms with E-state index in [1.54, 1.807) is 7.11 Å². The predicted molar refractivity (Wildman–Crippen MR) is 77.2 cm³/mol. The second-order valence-corrected chi connectivity index (χ2v) is 5.06. The first-order valence-corrected chi connectivity index (χ1v) is 6.95. The van der Waals surface area contributed by atoms with Crippen molar-refractivity contribution in [3.63, 3.8) is 0 Å². The van der Waals surface area contributed by atoms with Crippen LogP contribution < -0.4 is 10.1 Å². The number of nitrogens with zero attached hydrogens (tertiary/aromatic N) is 2. The van der Waals surface area contributed by atoms with E-state index in [-0.39, 0.29) is 6.04 Å². The molecule has 0 spiro atoms. The van der Waals surface area contributed by atoms with Gasteiger partial charge in [0.2, 0.25) is 0 Å². The average Bonchev–Trinajstić information content (AvgIpc) is 2.92. The monoisotopic (exact) mass is 324 g/mol. The van der Waals surface area contributed by atoms with Gasteiger partial charge in [-0.15, -0.1) is 0 Å². The number of H-pyrrole nitrogens is 1. The maximum atomic E-state index is 5.40. The molecule has 0 fully saturated rings. The highest BCUT2D eigenvalue weighted by Crippen LogP contribution is 2.26. The van der Waals surface area contributed by atoms with E-state index in [1.165, 1.54) is 6.33 Å². The van der Waals surface area contributed by atoms with Gasteiger partial charge in [0.15, 0.2) is 0 Å². The largest absolute Gasteiger partial charge is 0.496 e. The summed E-state index contributed by atoms with van der Waals surface area (Å²) in [5.41, 5.74) is 1.12. The number of hydrogen-bond acceptors (Lipinski definition) is 4. The van der Waals surface area contributed by atoms with Crippen LogP contribution in [0.1, 0.15) is 24.4 Å². The number of likely N-dealkylation sites (N-methyl/N-ethyl adjacent to an activating group) is 1. The van der Waals surface area contributed by atoms with Gasteiger partial charge in [0.05, 0.1) is 13.2 Å². The van der Waals surface area contributed by atoms with Gasteiger partial charge in [-0.1, -0.05) is 22.9 Å². The van der Waals surface area contributed by atoms with Crippen LogP contribution in [0.4, 0.5) is 0 Å². The molecule has 1 unspecified atom stereocenters. The first-order chi connectivity index (χ1) is 9.24. The van der Waals surface area contributed by atoms with Gasteiger partial charge in [0.25, 0.3) is 0 Å². The molecule has 1 atom stereocenters. The minimum absolute atomic E-state index is 0.0932. The van der Waals surface area contributed by atoms with Crippen LogP contribution in [0.15, 0.2) is 29.0 Å². The smallest absolute Gasteiger partial charge is 0.141 e. The van der Waals surface area contributed by atoms with Gasteiger partial charge < -0.3 is 10.1 Å². The zero-order valence-electron chi connectivity index (χ0n) is 11.0. The summed E-state index contributed by atoms with van der Waals surface area (Å²) in [7, 11) is 1.68. The van der Waals surface area contributed by atoms with E-state index < -0.39 is 0 Å². The molecule has 0 amide bonds. The Morgan fingerprint density at radius 2 is 2.32 bits per heavy atom. The molecular weight excluding hydrogens is 308 g/mol. The molecule has 0 radical (unpaired) electrons. The molecule has 0 bridgehead atoms. The van der Waals surface area contributed by atoms with Crippen LogP contribution in [0.2, 0.25) is 0 Å². The number of nitrogens with one attached hydrogen (secondary N) is 2. The zero-order chi connectivity index (χ0) is 13.7. The number of rotatable bonds is 6. The predicted octanol–water partition coefficient (Wildman–Crippen LogP) is 2.47. The quantitative estimate of drug-likeness (QED) is 0.856. The highest BCUT2D eigenvalue weighted by atomic mass is 79.9. The minimum Gasteiger partial charge on any atom is -0.496 e. The molecule has 0 aliphatic heterocycles. The van der Waals surface area contributed by atoms with Crippen molar-refractivity contribution < 1.29 is 4.74 Å². The number of halogens is 1. The maximum Gasteiger partial charge on any atom is 0.141 e. The Morgan fingerprint density at radius 1 is 1.47 bits per heavy atom. The van der Waals surface area contributed by atoms with Crippen molar-refractivity contribution >= 4 is 15.9 Å². The Hall–Kier alpha value is -1.40. The molecule has 1 heterocycles. The molecule has 0 aliphatic carbocycles. The normalized spacial score (nSPS) is 12.4. The molecule has 6 heteroatoms. The van der Waals surface area contributed by atoms with Crippen molar-refractivity contribution in [2.45, 2.75) is 19.4 Å². The Labute approximate surface area is 120 Å². The number of hydrogen-bond donors (Lipinski definition) is 2. The van der Waals surface area contributed by atoms with Crippen LogP contribution in [0.3, 0.4) is 0 Å². The SMILES string of the molecule is CCNC(Cc1cc(Br)ccc1OC)c1ncn[nH]1. The molecule has 1 aromatic carbocycles. The van der Waals surface area contributed by atoms with Crippen LogP contribution in [-0.2, 0) is 6.42 Å². The summed E-state index contributed by atoms with van der Waals surface area (Å²) >= 11 is 3.49. The molecule has 1 aromatic heterocycles. The van der Waals surface area contributed by atoms with Crippen LogP contribution in [-0.4, -0.2) is 28.8 Å². The molecule has 5 nitrogen and oxygen atoms in total. The van der Waals surface area contributed by atoms with Gasteiger partial charge in [0, 0.05) is 4.47 Å². The molecular formula is C13H17BrN4O. The van der Waals surface area contributed by atoms with E-state index in [0.29, 0.717) is 0 Å². The zero-order valence-corrected chi connectivity index (χ0v) is 12.6. The van der Waals surface area contributed by atoms with Crippen LogP contribution in [0, 0.1) is 0 Å². The number of aromatic nitrogens is 3. The summed E-state index contributed by atoms with van der Waals surface area (Å²) in [5, 5.41) is 10.2. The highest BCUT2D eigenvalue weighted by molar-refractivity contribution is 9.10. The van der Waals surface area contributed by atoms with Crippen molar-refractivity contribution in [3.05, 3.63) is 40.4 Å². The lowest BCUT2D eigenvalue weighted by atomic mass is 10.0. The second kappa shape index (κ2) is 6.68. The Balaban J connectivity index is 2.24. The van der Waals surface area contributed by atoms with E-state index in [0.717, 1.165) is 34.6 Å². The minimum atomic E-state index is 0.0932. The number of ether oxygens (including phenoxy) is 1. The summed E-state index contributed by atoms with van der Waals surface area (Å²) in [4.78, 5) is 4.23. The Kier molecular flexibility index (Phi) is 4.93. The first kappa shape index (κ1) is 14.0. The lowest BCUT2D eigenvalue weighted by Gasteiger charge is -2.17. The van der Waals surface area contributed by atoms with Crippen molar-refractivity contribution in [2.24, 2.45) is 0 Å². The fourth-order valence-electron chi connectivity index (χ4n) is 2.02. The van der Waals surface area contributed by atoms with E-state index in [2.05, 4.69) is 49.4 Å². The standard InChI is InChI=1S/C13H17BrN4O/c1-3-15-11(13-16-8-17-18-13)7-9-6-10(14)4-5-12(9)19-2/h4-6,8,11,15H,3,7H2,1-2H3,(H,16,17,18). The third kappa shape index (κ3) is 3.54. The molecule has 2 aromatic rings. The molecule has 0 saturated heterocycles. The van der Waals surface area contributed by atoms with Gasteiger partial charge in [-0.25, -0.2) is 4.98 Å². The first-order valence-electron chi connectivity index (χ1n) is 6.15. The van der Waals surface area contributed by atoms with Gasteiger partial charge in [-0.05, 0) is 36.7 Å². The molecule has 0 saturated carbocycles. The number of methoxy groups -OCH3 is 1. The lowest BCUT2D eigenvalue weighted by molar-refractivity contribution is 0.404. The summed E-state index contributed by atoms with van der Waals surface area (Å²) in [5.74, 6) is 1.72. The molecule has 0 aliphatic rings. The van der Waals surface area contributed by atoms with Gasteiger partial charge in [0.1, 0.15) is 17.9 Å². The fraction of sp³-hybridized carbons (Fsp3) is 0.385. The average molecular weight is 325 g/mol. The van der Waals surface area contributed by atoms with Gasteiger partial charge in [-0.2, -0.15) is 5.10 Å². The van der Waals surface area contributed by atoms with Crippen LogP contribution in [0.5, 0.6) is 5.75 Å². The Bertz CT molecular complexity index is 515. The molecule has 19 heavy (non-hydrogen) atoms. The van der Waals surface area contributed by atoms with Gasteiger partial charge >= 0.3 is 0 Å². The summed E-state index contributed by atoms with van der Waals surface area (Å²) < 4.78 is 6.44. The second-order valence-electron chi connectivity index (χ2n) is 4.14. The summed E-state index contributed by atoms with van der Waals surface area (Å²) in [6.07, 6.45) is 2.31. The van der Waals surface area contributed by atoms with E-state index in [9.17, 15) is 0 Å².